The number of imide groups is 2. The predicted molar refractivity (Wildman–Crippen MR) is 112 cm³/mol. The van der Waals surface area contributed by atoms with Gasteiger partial charge in [-0.2, -0.15) is 0 Å². The van der Waals surface area contributed by atoms with Gasteiger partial charge in [-0.15, -0.1) is 0 Å². The van der Waals surface area contributed by atoms with Crippen molar-refractivity contribution >= 4 is 37.6 Å². The Morgan fingerprint density at radius 1 is 1.10 bits per heavy atom. The zero-order valence-electron chi connectivity index (χ0n) is 17.4. The van der Waals surface area contributed by atoms with Crippen LogP contribution in [0.25, 0.3) is 0 Å². The molecular weight excluding hydrogens is 406 g/mol. The van der Waals surface area contributed by atoms with Crippen molar-refractivity contribution in [3.63, 3.8) is 0 Å². The molecular formula is C20H27N3O6Si. The van der Waals surface area contributed by atoms with Gasteiger partial charge >= 0.3 is 0 Å². The fourth-order valence-corrected chi connectivity index (χ4v) is 4.12. The number of fused-ring (bicyclic) bond motifs is 1. The first-order valence-corrected chi connectivity index (χ1v) is 13.4. The average molecular weight is 434 g/mol. The molecule has 4 amide bonds. The molecule has 1 saturated heterocycles. The van der Waals surface area contributed by atoms with Crippen LogP contribution in [-0.2, 0) is 18.8 Å². The lowest BCUT2D eigenvalue weighted by Gasteiger charge is -2.27. The lowest BCUT2D eigenvalue weighted by atomic mass is 10.0. The molecule has 3 rings (SSSR count). The summed E-state index contributed by atoms with van der Waals surface area (Å²) < 4.78 is 11.3. The number of nitrogens with zero attached hydrogens (tertiary/aromatic N) is 1. The molecule has 0 radical (unpaired) electrons. The number of piperidine rings is 1. The first-order chi connectivity index (χ1) is 14.2. The van der Waals surface area contributed by atoms with Gasteiger partial charge in [0.1, 0.15) is 6.04 Å². The molecule has 0 aromatic heterocycles. The zero-order valence-corrected chi connectivity index (χ0v) is 18.4. The van der Waals surface area contributed by atoms with Crippen LogP contribution in [0.3, 0.4) is 0 Å². The molecule has 162 valence electrons. The highest BCUT2D eigenvalue weighted by molar-refractivity contribution is 6.69. The van der Waals surface area contributed by atoms with Gasteiger partial charge in [0.2, 0.25) is 11.8 Å². The molecule has 1 aromatic rings. The second-order valence-electron chi connectivity index (χ2n) is 8.18. The largest absolute Gasteiger partial charge is 0.415 e. The molecule has 9 nitrogen and oxygen atoms in total. The monoisotopic (exact) mass is 433 g/mol. The Kier molecular flexibility index (Phi) is 6.69. The zero-order chi connectivity index (χ0) is 21.9. The summed E-state index contributed by atoms with van der Waals surface area (Å²) in [6.07, 6.45) is 0.222. The minimum atomic E-state index is -1.55. The van der Waals surface area contributed by atoms with Crippen LogP contribution in [0.15, 0.2) is 18.2 Å². The van der Waals surface area contributed by atoms with Crippen LogP contribution in [0.4, 0.5) is 5.69 Å². The van der Waals surface area contributed by atoms with Crippen LogP contribution in [0.2, 0.25) is 19.6 Å². The Hall–Kier alpha value is -2.56. The summed E-state index contributed by atoms with van der Waals surface area (Å²) in [5.41, 5.74) is 1.01. The molecule has 1 unspecified atom stereocenters. The van der Waals surface area contributed by atoms with Crippen LogP contribution in [-0.4, -0.2) is 69.3 Å². The highest BCUT2D eigenvalue weighted by Crippen LogP contribution is 2.32. The lowest BCUT2D eigenvalue weighted by molar-refractivity contribution is -0.136. The van der Waals surface area contributed by atoms with E-state index < -0.39 is 38.0 Å². The molecule has 0 aliphatic carbocycles. The smallest absolute Gasteiger partial charge is 0.264 e. The maximum absolute atomic E-state index is 13.0. The molecule has 1 aromatic carbocycles. The number of rotatable bonds is 9. The highest BCUT2D eigenvalue weighted by Gasteiger charge is 2.45. The number of hydrogen-bond acceptors (Lipinski definition) is 7. The van der Waals surface area contributed by atoms with Gasteiger partial charge in [0.15, 0.2) is 8.32 Å². The third kappa shape index (κ3) is 4.94. The van der Waals surface area contributed by atoms with E-state index in [0.29, 0.717) is 32.1 Å². The maximum atomic E-state index is 13.0. The average Bonchev–Trinajstić information content (AvgIpc) is 2.92. The van der Waals surface area contributed by atoms with E-state index in [1.807, 2.05) is 0 Å². The number of ether oxygens (including phenoxy) is 1. The fraction of sp³-hybridized carbons (Fsp3) is 0.500. The van der Waals surface area contributed by atoms with Gasteiger partial charge in [-0.1, -0.05) is 6.07 Å². The van der Waals surface area contributed by atoms with Gasteiger partial charge in [0.05, 0.1) is 30.9 Å². The maximum Gasteiger partial charge on any atom is 0.264 e. The van der Waals surface area contributed by atoms with Gasteiger partial charge in [0, 0.05) is 18.7 Å². The van der Waals surface area contributed by atoms with Crippen LogP contribution < -0.4 is 10.6 Å². The molecule has 2 aliphatic heterocycles. The Morgan fingerprint density at radius 3 is 2.57 bits per heavy atom. The molecule has 2 aliphatic rings. The van der Waals surface area contributed by atoms with Gasteiger partial charge in [-0.25, -0.2) is 0 Å². The van der Waals surface area contributed by atoms with Gasteiger partial charge in [-0.3, -0.25) is 29.4 Å². The van der Waals surface area contributed by atoms with Crippen molar-refractivity contribution in [1.82, 2.24) is 10.2 Å². The molecule has 1 atom stereocenters. The number of amides is 4. The Labute approximate surface area is 176 Å². The lowest BCUT2D eigenvalue weighted by Crippen LogP contribution is -2.54. The van der Waals surface area contributed by atoms with Crippen molar-refractivity contribution in [3.05, 3.63) is 29.3 Å². The molecule has 0 bridgehead atoms. The molecule has 1 fully saturated rings. The van der Waals surface area contributed by atoms with E-state index in [2.05, 4.69) is 30.3 Å². The summed E-state index contributed by atoms with van der Waals surface area (Å²) >= 11 is 0. The molecule has 2 heterocycles. The first-order valence-electron chi connectivity index (χ1n) is 9.99. The summed E-state index contributed by atoms with van der Waals surface area (Å²) in [5.74, 6) is -2.07. The molecule has 30 heavy (non-hydrogen) atoms. The summed E-state index contributed by atoms with van der Waals surface area (Å²) in [7, 11) is -1.55. The van der Waals surface area contributed by atoms with E-state index in [0.717, 1.165) is 4.90 Å². The van der Waals surface area contributed by atoms with E-state index in [-0.39, 0.29) is 24.0 Å². The SMILES string of the molecule is C[Si](C)(C)OCCOCCNc1cccc2c1C(=O)N(C1CCC(=O)NC1=O)C2=O. The topological polar surface area (TPSA) is 114 Å². The molecule has 10 heteroatoms. The van der Waals surface area contributed by atoms with Crippen molar-refractivity contribution in [2.24, 2.45) is 0 Å². The fourth-order valence-electron chi connectivity index (χ4n) is 3.43. The number of nitrogens with one attached hydrogen (secondary N) is 2. The van der Waals surface area contributed by atoms with Gasteiger partial charge < -0.3 is 14.5 Å². The number of hydrogen-bond donors (Lipinski definition) is 2. The van der Waals surface area contributed by atoms with Gasteiger partial charge in [-0.05, 0) is 38.2 Å². The summed E-state index contributed by atoms with van der Waals surface area (Å²) in [5, 5.41) is 5.33. The quantitative estimate of drug-likeness (QED) is 0.343. The minimum Gasteiger partial charge on any atom is -0.415 e. The van der Waals surface area contributed by atoms with Gasteiger partial charge in [0.25, 0.3) is 11.8 Å². The second-order valence-corrected chi connectivity index (χ2v) is 12.7. The van der Waals surface area contributed by atoms with Crippen LogP contribution >= 0.6 is 0 Å². The van der Waals surface area contributed by atoms with Crippen molar-refractivity contribution in [1.29, 1.82) is 0 Å². The molecule has 0 spiro atoms. The molecule has 0 saturated carbocycles. The standard InChI is InChI=1S/C20H27N3O6Si/c1-30(2,3)29-12-11-28-10-9-21-14-6-4-5-13-17(14)20(27)23(19(13)26)15-7-8-16(24)22-18(15)25/h4-6,15,21H,7-12H2,1-3H3,(H,22,24,25). The normalized spacial score (nSPS) is 19.2. The van der Waals surface area contributed by atoms with Crippen molar-refractivity contribution in [2.45, 2.75) is 38.5 Å². The van der Waals surface area contributed by atoms with Crippen LogP contribution in [0, 0.1) is 0 Å². The van der Waals surface area contributed by atoms with E-state index in [4.69, 9.17) is 9.16 Å². The third-order valence-corrected chi connectivity index (χ3v) is 5.86. The first kappa shape index (κ1) is 22.1. The van der Waals surface area contributed by atoms with Crippen LogP contribution in [0.5, 0.6) is 0 Å². The van der Waals surface area contributed by atoms with Crippen molar-refractivity contribution in [3.8, 4) is 0 Å². The van der Waals surface area contributed by atoms with E-state index in [1.165, 1.54) is 0 Å². The number of carbonyl (C=O) groups is 4. The van der Waals surface area contributed by atoms with Crippen molar-refractivity contribution in [2.75, 3.05) is 31.7 Å². The number of benzene rings is 1. The van der Waals surface area contributed by atoms with E-state index in [1.54, 1.807) is 18.2 Å². The third-order valence-electron chi connectivity index (χ3n) is 4.79. The highest BCUT2D eigenvalue weighted by atomic mass is 28.4. The minimum absolute atomic E-state index is 0.0909. The Bertz CT molecular complexity index is 867. The van der Waals surface area contributed by atoms with E-state index in [9.17, 15) is 19.2 Å². The summed E-state index contributed by atoms with van der Waals surface area (Å²) in [6, 6.07) is 3.99. The second kappa shape index (κ2) is 9.07. The van der Waals surface area contributed by atoms with Crippen LogP contribution in [0.1, 0.15) is 33.6 Å². The molecule has 2 N–H and O–H groups in total. The van der Waals surface area contributed by atoms with E-state index >= 15 is 0 Å². The predicted octanol–water partition coefficient (Wildman–Crippen LogP) is 1.37. The number of carbonyl (C=O) groups excluding carboxylic acids is 4. The number of anilines is 1. The summed E-state index contributed by atoms with van der Waals surface area (Å²) in [4.78, 5) is 50.3. The summed E-state index contributed by atoms with van der Waals surface area (Å²) in [6.45, 7) is 8.23. The Balaban J connectivity index is 1.60. The van der Waals surface area contributed by atoms with Crippen molar-refractivity contribution < 1.29 is 28.3 Å². The Morgan fingerprint density at radius 2 is 1.87 bits per heavy atom.